The summed E-state index contributed by atoms with van der Waals surface area (Å²) in [6.45, 7) is 4.56. The third-order valence-corrected chi connectivity index (χ3v) is 6.14. The molecule has 2 aromatic heterocycles. The maximum atomic E-state index is 11.9. The van der Waals surface area contributed by atoms with Crippen LogP contribution in [0.1, 0.15) is 18.5 Å². The van der Waals surface area contributed by atoms with Crippen molar-refractivity contribution in [3.63, 3.8) is 0 Å². The Hall–Kier alpha value is -1.44. The minimum absolute atomic E-state index is 0.102. The fourth-order valence-corrected chi connectivity index (χ4v) is 4.91. The normalized spacial score (nSPS) is 22.5. The minimum atomic E-state index is 0.102. The van der Waals surface area contributed by atoms with Crippen molar-refractivity contribution in [1.29, 1.82) is 0 Å². The highest BCUT2D eigenvalue weighted by Crippen LogP contribution is 2.27. The quantitative estimate of drug-likeness (QED) is 0.924. The van der Waals surface area contributed by atoms with Crippen LogP contribution in [0.2, 0.25) is 0 Å². The number of carbonyl (C=O) groups is 1. The molecule has 5 nitrogen and oxygen atoms in total. The Kier molecular flexibility index (Phi) is 4.33. The maximum absolute atomic E-state index is 11.9. The van der Waals surface area contributed by atoms with Gasteiger partial charge in [0, 0.05) is 48.5 Å². The Morgan fingerprint density at radius 3 is 3.09 bits per heavy atom. The van der Waals surface area contributed by atoms with Gasteiger partial charge in [-0.1, -0.05) is 0 Å². The van der Waals surface area contributed by atoms with E-state index in [0.29, 0.717) is 6.04 Å². The molecule has 23 heavy (non-hydrogen) atoms. The molecule has 2 aliphatic heterocycles. The highest BCUT2D eigenvalue weighted by atomic mass is 32.1. The number of urea groups is 1. The summed E-state index contributed by atoms with van der Waals surface area (Å²) in [6.07, 6.45) is 2.26. The maximum Gasteiger partial charge on any atom is 0.317 e. The first-order valence-electron chi connectivity index (χ1n) is 8.03. The summed E-state index contributed by atoms with van der Waals surface area (Å²) in [7, 11) is 0. The van der Waals surface area contributed by atoms with Crippen LogP contribution in [0.5, 0.6) is 0 Å². The van der Waals surface area contributed by atoms with Gasteiger partial charge < -0.3 is 10.2 Å². The third kappa shape index (κ3) is 3.27. The zero-order valence-electron chi connectivity index (χ0n) is 12.9. The average molecular weight is 348 g/mol. The average Bonchev–Trinajstić information content (AvgIpc) is 3.28. The number of piperidine rings is 1. The van der Waals surface area contributed by atoms with Gasteiger partial charge in [-0.05, 0) is 30.8 Å². The van der Waals surface area contributed by atoms with Crippen molar-refractivity contribution in [3.8, 4) is 10.6 Å². The SMILES string of the molecule is O=C1NCCN1C1CCCN(Cc2csc(-c3ccsc3)n2)C1. The second-order valence-corrected chi connectivity index (χ2v) is 7.75. The highest BCUT2D eigenvalue weighted by Gasteiger charge is 2.31. The predicted molar refractivity (Wildman–Crippen MR) is 93.8 cm³/mol. The first-order valence-corrected chi connectivity index (χ1v) is 9.85. The second-order valence-electron chi connectivity index (χ2n) is 6.11. The van der Waals surface area contributed by atoms with Gasteiger partial charge >= 0.3 is 6.03 Å². The lowest BCUT2D eigenvalue weighted by atomic mass is 10.0. The highest BCUT2D eigenvalue weighted by molar-refractivity contribution is 7.14. The standard InChI is InChI=1S/C16H20N4OS2/c21-16-17-4-6-20(16)14-2-1-5-19(9-14)8-13-11-23-15(18-13)12-3-7-22-10-12/h3,7,10-11,14H,1-2,4-6,8-9H2,(H,17,21). The molecule has 1 N–H and O–H groups in total. The zero-order chi connectivity index (χ0) is 15.6. The Bertz CT molecular complexity index is 669. The van der Waals surface area contributed by atoms with Crippen LogP contribution in [0.15, 0.2) is 22.2 Å². The zero-order valence-corrected chi connectivity index (χ0v) is 14.5. The molecule has 4 rings (SSSR count). The smallest absolute Gasteiger partial charge is 0.317 e. The summed E-state index contributed by atoms with van der Waals surface area (Å²) in [5.74, 6) is 0. The van der Waals surface area contributed by atoms with E-state index < -0.39 is 0 Å². The molecule has 7 heteroatoms. The van der Waals surface area contributed by atoms with Gasteiger partial charge in [-0.25, -0.2) is 9.78 Å². The van der Waals surface area contributed by atoms with E-state index in [-0.39, 0.29) is 6.03 Å². The summed E-state index contributed by atoms with van der Waals surface area (Å²) in [5.41, 5.74) is 2.36. The number of thiazole rings is 1. The predicted octanol–water partition coefficient (Wildman–Crippen LogP) is 2.86. The van der Waals surface area contributed by atoms with Crippen LogP contribution in [-0.2, 0) is 6.54 Å². The van der Waals surface area contributed by atoms with E-state index in [0.717, 1.165) is 56.3 Å². The van der Waals surface area contributed by atoms with Crippen molar-refractivity contribution in [3.05, 3.63) is 27.9 Å². The number of hydrogen-bond donors (Lipinski definition) is 1. The molecule has 0 aliphatic carbocycles. The van der Waals surface area contributed by atoms with Crippen LogP contribution in [0.25, 0.3) is 10.6 Å². The number of thiophene rings is 1. The van der Waals surface area contributed by atoms with E-state index in [2.05, 4.69) is 32.4 Å². The Labute approximate surface area is 143 Å². The van der Waals surface area contributed by atoms with Crippen LogP contribution in [0.4, 0.5) is 4.79 Å². The summed E-state index contributed by atoms with van der Waals surface area (Å²) < 4.78 is 0. The molecule has 0 spiro atoms. The molecule has 122 valence electrons. The third-order valence-electron chi connectivity index (χ3n) is 4.52. The van der Waals surface area contributed by atoms with Crippen LogP contribution < -0.4 is 5.32 Å². The number of carbonyl (C=O) groups excluding carboxylic acids is 1. The molecule has 1 unspecified atom stereocenters. The molecule has 0 radical (unpaired) electrons. The molecular weight excluding hydrogens is 328 g/mol. The van der Waals surface area contributed by atoms with Crippen molar-refractivity contribution in [2.75, 3.05) is 26.2 Å². The summed E-state index contributed by atoms with van der Waals surface area (Å²) in [4.78, 5) is 21.1. The van der Waals surface area contributed by atoms with Gasteiger partial charge in [0.1, 0.15) is 5.01 Å². The molecule has 0 aromatic carbocycles. The molecule has 2 amide bonds. The van der Waals surface area contributed by atoms with Crippen molar-refractivity contribution >= 4 is 28.7 Å². The number of nitrogens with one attached hydrogen (secondary N) is 1. The van der Waals surface area contributed by atoms with Crippen LogP contribution >= 0.6 is 22.7 Å². The molecule has 4 heterocycles. The monoisotopic (exact) mass is 348 g/mol. The van der Waals surface area contributed by atoms with E-state index >= 15 is 0 Å². The summed E-state index contributed by atoms with van der Waals surface area (Å²) in [6, 6.07) is 2.57. The fraction of sp³-hybridized carbons (Fsp3) is 0.500. The molecule has 0 bridgehead atoms. The van der Waals surface area contributed by atoms with Gasteiger partial charge in [0.2, 0.25) is 0 Å². The number of rotatable bonds is 4. The largest absolute Gasteiger partial charge is 0.336 e. The van der Waals surface area contributed by atoms with Crippen molar-refractivity contribution in [1.82, 2.24) is 20.1 Å². The Morgan fingerprint density at radius 2 is 2.30 bits per heavy atom. The lowest BCUT2D eigenvalue weighted by Gasteiger charge is -2.36. The lowest BCUT2D eigenvalue weighted by Crippen LogP contribution is -2.48. The summed E-state index contributed by atoms with van der Waals surface area (Å²) >= 11 is 3.42. The number of nitrogens with zero attached hydrogens (tertiary/aromatic N) is 3. The van der Waals surface area contributed by atoms with Gasteiger partial charge in [-0.2, -0.15) is 11.3 Å². The van der Waals surface area contributed by atoms with Gasteiger partial charge in [-0.3, -0.25) is 4.90 Å². The van der Waals surface area contributed by atoms with E-state index in [1.54, 1.807) is 22.7 Å². The topological polar surface area (TPSA) is 48.5 Å². The molecular formula is C16H20N4OS2. The molecule has 1 atom stereocenters. The fourth-order valence-electron chi connectivity index (χ4n) is 3.39. The Morgan fingerprint density at radius 1 is 1.35 bits per heavy atom. The van der Waals surface area contributed by atoms with Crippen LogP contribution in [0.3, 0.4) is 0 Å². The van der Waals surface area contributed by atoms with Gasteiger partial charge in [-0.15, -0.1) is 11.3 Å². The van der Waals surface area contributed by atoms with Gasteiger partial charge in [0.25, 0.3) is 0 Å². The Balaban J connectivity index is 1.39. The van der Waals surface area contributed by atoms with Crippen molar-refractivity contribution < 1.29 is 4.79 Å². The number of amides is 2. The van der Waals surface area contributed by atoms with Crippen molar-refractivity contribution in [2.24, 2.45) is 0 Å². The molecule has 0 saturated carbocycles. The molecule has 2 aromatic rings. The van der Waals surface area contributed by atoms with E-state index in [9.17, 15) is 4.79 Å². The molecule has 2 saturated heterocycles. The van der Waals surface area contributed by atoms with Gasteiger partial charge in [0.05, 0.1) is 5.69 Å². The van der Waals surface area contributed by atoms with E-state index in [4.69, 9.17) is 4.98 Å². The second kappa shape index (κ2) is 6.59. The number of likely N-dealkylation sites (tertiary alicyclic amines) is 1. The van der Waals surface area contributed by atoms with E-state index in [1.807, 2.05) is 4.90 Å². The summed E-state index contributed by atoms with van der Waals surface area (Å²) in [5, 5.41) is 10.4. The molecule has 2 aliphatic rings. The van der Waals surface area contributed by atoms with Crippen LogP contribution in [-0.4, -0.2) is 53.0 Å². The van der Waals surface area contributed by atoms with E-state index in [1.165, 1.54) is 5.56 Å². The first-order chi connectivity index (χ1) is 11.3. The van der Waals surface area contributed by atoms with Crippen LogP contribution in [0, 0.1) is 0 Å². The number of hydrogen-bond acceptors (Lipinski definition) is 5. The molecule has 2 fully saturated rings. The lowest BCUT2D eigenvalue weighted by molar-refractivity contribution is 0.121. The number of aromatic nitrogens is 1. The van der Waals surface area contributed by atoms with Crippen molar-refractivity contribution in [2.45, 2.75) is 25.4 Å². The first kappa shape index (κ1) is 15.1. The minimum Gasteiger partial charge on any atom is -0.336 e. The van der Waals surface area contributed by atoms with Gasteiger partial charge in [0.15, 0.2) is 0 Å².